The molecule has 1 aromatic carbocycles. The number of benzene rings is 1. The third-order valence-electron chi connectivity index (χ3n) is 5.82. The summed E-state index contributed by atoms with van der Waals surface area (Å²) < 4.78 is 16.9. The van der Waals surface area contributed by atoms with Gasteiger partial charge in [-0.3, -0.25) is 4.79 Å². The molecule has 29 heavy (non-hydrogen) atoms. The molecule has 0 bridgehead atoms. The predicted octanol–water partition coefficient (Wildman–Crippen LogP) is 1.65. The summed E-state index contributed by atoms with van der Waals surface area (Å²) in [4.78, 5) is 25.6. The van der Waals surface area contributed by atoms with Crippen LogP contribution in [0.2, 0.25) is 0 Å². The highest BCUT2D eigenvalue weighted by Gasteiger charge is 2.44. The van der Waals surface area contributed by atoms with Crippen molar-refractivity contribution in [2.45, 2.75) is 24.9 Å². The Morgan fingerprint density at radius 3 is 2.86 bits per heavy atom. The van der Waals surface area contributed by atoms with Crippen LogP contribution in [0.5, 0.6) is 11.5 Å². The van der Waals surface area contributed by atoms with Gasteiger partial charge in [0.2, 0.25) is 18.6 Å². The molecule has 3 aliphatic rings. The zero-order valence-electron chi connectivity index (χ0n) is 16.2. The van der Waals surface area contributed by atoms with Crippen LogP contribution in [0, 0.1) is 0 Å². The van der Waals surface area contributed by atoms with Gasteiger partial charge in [0, 0.05) is 31.9 Å². The molecule has 1 spiro atoms. The molecule has 2 fully saturated rings. The zero-order chi connectivity index (χ0) is 19.7. The molecule has 4 heterocycles. The molecule has 2 aromatic rings. The Bertz CT molecular complexity index is 894. The highest BCUT2D eigenvalue weighted by Crippen LogP contribution is 2.33. The average Bonchev–Trinajstić information content (AvgIpc) is 3.39. The summed E-state index contributed by atoms with van der Waals surface area (Å²) in [6.07, 6.45) is 5.53. The molecule has 1 aromatic heterocycles. The summed E-state index contributed by atoms with van der Waals surface area (Å²) in [5.41, 5.74) is 0.755. The van der Waals surface area contributed by atoms with Crippen LogP contribution < -0.4 is 14.4 Å². The Kier molecular flexibility index (Phi) is 4.71. The van der Waals surface area contributed by atoms with E-state index in [1.807, 2.05) is 29.2 Å². The lowest BCUT2D eigenvalue weighted by atomic mass is 10.00. The van der Waals surface area contributed by atoms with Crippen molar-refractivity contribution >= 4 is 11.9 Å². The van der Waals surface area contributed by atoms with Crippen molar-refractivity contribution in [1.29, 1.82) is 0 Å². The molecule has 8 heteroatoms. The fourth-order valence-corrected chi connectivity index (χ4v) is 4.28. The van der Waals surface area contributed by atoms with Crippen molar-refractivity contribution in [3.63, 3.8) is 0 Å². The number of carbonyl (C=O) groups excluding carboxylic acids is 1. The molecule has 0 aliphatic carbocycles. The van der Waals surface area contributed by atoms with E-state index in [4.69, 9.17) is 14.2 Å². The van der Waals surface area contributed by atoms with Crippen LogP contribution in [0.25, 0.3) is 0 Å². The summed E-state index contributed by atoms with van der Waals surface area (Å²) in [5, 5.41) is 0. The molecule has 5 rings (SSSR count). The summed E-state index contributed by atoms with van der Waals surface area (Å²) in [6, 6.07) is 7.68. The Balaban J connectivity index is 1.19. The van der Waals surface area contributed by atoms with E-state index in [1.54, 1.807) is 12.4 Å². The normalized spacial score (nSPS) is 23.0. The first kappa shape index (κ1) is 18.2. The number of morpholine rings is 1. The molecule has 152 valence electrons. The lowest BCUT2D eigenvalue weighted by Crippen LogP contribution is -2.55. The van der Waals surface area contributed by atoms with Gasteiger partial charge in [-0.25, -0.2) is 9.97 Å². The number of carbonyl (C=O) groups is 1. The maximum absolute atomic E-state index is 12.9. The minimum absolute atomic E-state index is 0.166. The van der Waals surface area contributed by atoms with Crippen molar-refractivity contribution in [2.24, 2.45) is 0 Å². The minimum atomic E-state index is -0.328. The van der Waals surface area contributed by atoms with Crippen LogP contribution in [0.3, 0.4) is 0 Å². The van der Waals surface area contributed by atoms with Gasteiger partial charge in [0.15, 0.2) is 11.5 Å². The van der Waals surface area contributed by atoms with Gasteiger partial charge in [0.1, 0.15) is 5.60 Å². The van der Waals surface area contributed by atoms with Gasteiger partial charge < -0.3 is 24.0 Å². The highest BCUT2D eigenvalue weighted by atomic mass is 16.7. The number of nitrogens with zero attached hydrogens (tertiary/aromatic N) is 4. The van der Waals surface area contributed by atoms with Crippen molar-refractivity contribution in [1.82, 2.24) is 14.9 Å². The SMILES string of the molecule is O=C(CCc1ccc2c(c1)OCO2)N1CCOC2(CCN(c3ncccn3)C2)C1. The molecule has 3 aliphatic heterocycles. The van der Waals surface area contributed by atoms with Crippen LogP contribution in [0.4, 0.5) is 5.95 Å². The number of rotatable bonds is 4. The van der Waals surface area contributed by atoms with E-state index in [1.165, 1.54) is 0 Å². The molecule has 0 radical (unpaired) electrons. The molecule has 1 amide bonds. The molecular formula is C21H24N4O4. The Hall–Kier alpha value is -2.87. The van der Waals surface area contributed by atoms with Crippen molar-refractivity contribution < 1.29 is 19.0 Å². The quantitative estimate of drug-likeness (QED) is 0.778. The van der Waals surface area contributed by atoms with E-state index in [0.717, 1.165) is 36.0 Å². The number of aromatic nitrogens is 2. The van der Waals surface area contributed by atoms with Gasteiger partial charge in [-0.1, -0.05) is 6.07 Å². The Morgan fingerprint density at radius 2 is 1.97 bits per heavy atom. The molecule has 1 unspecified atom stereocenters. The second-order valence-electron chi connectivity index (χ2n) is 7.75. The maximum Gasteiger partial charge on any atom is 0.231 e. The first-order valence-electron chi connectivity index (χ1n) is 10.0. The van der Waals surface area contributed by atoms with Crippen LogP contribution in [-0.4, -0.2) is 66.0 Å². The second-order valence-corrected chi connectivity index (χ2v) is 7.75. The monoisotopic (exact) mass is 396 g/mol. The predicted molar refractivity (Wildman–Crippen MR) is 105 cm³/mol. The molecule has 8 nitrogen and oxygen atoms in total. The number of fused-ring (bicyclic) bond motifs is 1. The third-order valence-corrected chi connectivity index (χ3v) is 5.82. The smallest absolute Gasteiger partial charge is 0.231 e. The zero-order valence-corrected chi connectivity index (χ0v) is 16.2. The maximum atomic E-state index is 12.9. The van der Waals surface area contributed by atoms with Crippen LogP contribution in [0.1, 0.15) is 18.4 Å². The first-order chi connectivity index (χ1) is 14.2. The first-order valence-corrected chi connectivity index (χ1v) is 10.0. The van der Waals surface area contributed by atoms with Crippen LogP contribution in [0.15, 0.2) is 36.7 Å². The number of hydrogen-bond donors (Lipinski definition) is 0. The van der Waals surface area contributed by atoms with Crippen molar-refractivity contribution in [2.75, 3.05) is 44.5 Å². The third kappa shape index (κ3) is 3.72. The number of anilines is 1. The summed E-state index contributed by atoms with van der Waals surface area (Å²) in [6.45, 7) is 3.64. The molecule has 2 saturated heterocycles. The van der Waals surface area contributed by atoms with E-state index in [9.17, 15) is 4.79 Å². The van der Waals surface area contributed by atoms with Gasteiger partial charge in [-0.2, -0.15) is 0 Å². The number of aryl methyl sites for hydroxylation is 1. The average molecular weight is 396 g/mol. The van der Waals surface area contributed by atoms with Gasteiger partial charge in [-0.15, -0.1) is 0 Å². The number of hydrogen-bond acceptors (Lipinski definition) is 7. The van der Waals surface area contributed by atoms with Gasteiger partial charge in [-0.05, 0) is 36.6 Å². The van der Waals surface area contributed by atoms with E-state index in [2.05, 4.69) is 14.9 Å². The van der Waals surface area contributed by atoms with E-state index < -0.39 is 0 Å². The fraction of sp³-hybridized carbons (Fsp3) is 0.476. The number of amides is 1. The fourth-order valence-electron chi connectivity index (χ4n) is 4.28. The molecule has 0 saturated carbocycles. The summed E-state index contributed by atoms with van der Waals surface area (Å²) in [5.74, 6) is 2.41. The van der Waals surface area contributed by atoms with Crippen LogP contribution in [-0.2, 0) is 16.0 Å². The second kappa shape index (κ2) is 7.51. The van der Waals surface area contributed by atoms with E-state index >= 15 is 0 Å². The topological polar surface area (TPSA) is 77.0 Å². The minimum Gasteiger partial charge on any atom is -0.454 e. The Labute approximate surface area is 169 Å². The van der Waals surface area contributed by atoms with Crippen molar-refractivity contribution in [3.8, 4) is 11.5 Å². The Morgan fingerprint density at radius 1 is 1.10 bits per heavy atom. The molecule has 1 atom stereocenters. The van der Waals surface area contributed by atoms with Gasteiger partial charge >= 0.3 is 0 Å². The molecule has 0 N–H and O–H groups in total. The highest BCUT2D eigenvalue weighted by molar-refractivity contribution is 5.76. The molecular weight excluding hydrogens is 372 g/mol. The van der Waals surface area contributed by atoms with Gasteiger partial charge in [0.25, 0.3) is 0 Å². The van der Waals surface area contributed by atoms with Crippen molar-refractivity contribution in [3.05, 3.63) is 42.2 Å². The number of ether oxygens (including phenoxy) is 3. The van der Waals surface area contributed by atoms with E-state index in [-0.39, 0.29) is 18.3 Å². The van der Waals surface area contributed by atoms with Gasteiger partial charge in [0.05, 0.1) is 19.7 Å². The summed E-state index contributed by atoms with van der Waals surface area (Å²) in [7, 11) is 0. The summed E-state index contributed by atoms with van der Waals surface area (Å²) >= 11 is 0. The lowest BCUT2D eigenvalue weighted by molar-refractivity contribution is -0.147. The van der Waals surface area contributed by atoms with Crippen LogP contribution >= 0.6 is 0 Å². The van der Waals surface area contributed by atoms with E-state index in [0.29, 0.717) is 39.1 Å². The largest absolute Gasteiger partial charge is 0.454 e. The lowest BCUT2D eigenvalue weighted by Gasteiger charge is -2.40. The standard InChI is InChI=1S/C21H24N4O4/c26-19(5-3-16-2-4-17-18(12-16)28-15-27-17)24-10-11-29-21(13-24)6-9-25(14-21)20-22-7-1-8-23-20/h1-2,4,7-8,12H,3,5-6,9-11,13-15H2.